The van der Waals surface area contributed by atoms with Crippen molar-refractivity contribution in [1.82, 2.24) is 0 Å². The second-order valence-corrected chi connectivity index (χ2v) is 19.1. The van der Waals surface area contributed by atoms with Crippen molar-refractivity contribution < 1.29 is 42.7 Å². The number of aliphatic carboxylic acids is 1. The lowest BCUT2D eigenvalue weighted by Crippen LogP contribution is -2.34. The third-order valence-electron chi connectivity index (χ3n) is 11.5. The number of carboxylic acid groups (broad SMARTS) is 1. The Labute approximate surface area is 381 Å². The van der Waals surface area contributed by atoms with Gasteiger partial charge in [0.25, 0.3) is 0 Å². The molecule has 0 saturated heterocycles. The second-order valence-electron chi connectivity index (χ2n) is 17.6. The first-order chi connectivity index (χ1) is 30.2. The molecule has 4 N–H and O–H groups in total. The number of nitrogens with two attached hydrogens (primary N) is 1. The van der Waals surface area contributed by atoms with E-state index in [-0.39, 0.29) is 13.0 Å². The normalized spacial score (nSPS) is 13.9. The number of unbranched alkanes of at least 4 members (excludes halogenated alkanes) is 32. The lowest BCUT2D eigenvalue weighted by Gasteiger charge is -2.20. The molecule has 0 aromatic carbocycles. The van der Waals surface area contributed by atoms with Gasteiger partial charge in [-0.25, -0.2) is 4.57 Å². The van der Waals surface area contributed by atoms with E-state index in [4.69, 9.17) is 29.4 Å². The molecule has 0 aromatic rings. The molecule has 366 valence electrons. The maximum absolute atomic E-state index is 12.7. The first kappa shape index (κ1) is 60.5. The van der Waals surface area contributed by atoms with Crippen LogP contribution in [0.15, 0.2) is 24.3 Å². The molecule has 0 saturated carbocycles. The van der Waals surface area contributed by atoms with Crippen molar-refractivity contribution in [2.75, 3.05) is 26.4 Å². The molecule has 62 heavy (non-hydrogen) atoms. The van der Waals surface area contributed by atoms with Crippen molar-refractivity contribution in [2.45, 2.75) is 264 Å². The Hall–Kier alpha value is -1.55. The number of phosphoric acid groups is 1. The lowest BCUT2D eigenvalue weighted by molar-refractivity contribution is -0.154. The first-order valence-electron chi connectivity index (χ1n) is 25.9. The minimum Gasteiger partial charge on any atom is -0.480 e. The number of carbonyl (C=O) groups excluding carboxylic acids is 1. The molecule has 0 aliphatic heterocycles. The standard InChI is InChI=1S/C51H98NO9P/c1-3-5-7-9-11-13-15-17-19-21-23-24-25-27-29-31-33-35-37-39-41-43-50(53)61-48(46-59-62(56,57)60-47-49(52)51(54)55)45-58-44-42-40-38-36-34-32-30-28-26-22-20-18-16-14-12-10-8-6-4-2/h20-23,48-49H,3-19,24-47,52H2,1-2H3,(H,54,55)(H,56,57)/b22-20-,23-21-. The molecule has 0 spiro atoms. The zero-order chi connectivity index (χ0) is 45.5. The summed E-state index contributed by atoms with van der Waals surface area (Å²) >= 11 is 0. The van der Waals surface area contributed by atoms with Gasteiger partial charge in [-0.15, -0.1) is 0 Å². The Bertz CT molecular complexity index is 1090. The maximum atomic E-state index is 12.7. The fraction of sp³-hybridized carbons (Fsp3) is 0.882. The second kappa shape index (κ2) is 47.4. The first-order valence-corrected chi connectivity index (χ1v) is 27.4. The summed E-state index contributed by atoms with van der Waals surface area (Å²) in [6.45, 7) is 3.92. The van der Waals surface area contributed by atoms with Crippen LogP contribution < -0.4 is 5.73 Å². The van der Waals surface area contributed by atoms with E-state index in [1.165, 1.54) is 186 Å². The van der Waals surface area contributed by atoms with Crippen LogP contribution in [0.1, 0.15) is 251 Å². The van der Waals surface area contributed by atoms with Gasteiger partial charge in [-0.3, -0.25) is 18.6 Å². The summed E-state index contributed by atoms with van der Waals surface area (Å²) in [5, 5.41) is 8.93. The molecule has 0 rings (SSSR count). The number of rotatable bonds is 50. The highest BCUT2D eigenvalue weighted by atomic mass is 31.2. The van der Waals surface area contributed by atoms with Gasteiger partial charge in [0, 0.05) is 13.0 Å². The molecule has 0 radical (unpaired) electrons. The van der Waals surface area contributed by atoms with Crippen LogP contribution in [0, 0.1) is 0 Å². The predicted molar refractivity (Wildman–Crippen MR) is 258 cm³/mol. The maximum Gasteiger partial charge on any atom is 0.472 e. The fourth-order valence-corrected chi connectivity index (χ4v) is 8.20. The van der Waals surface area contributed by atoms with Crippen LogP contribution in [0.2, 0.25) is 0 Å². The van der Waals surface area contributed by atoms with E-state index in [2.05, 4.69) is 38.2 Å². The molecule has 11 heteroatoms. The van der Waals surface area contributed by atoms with Crippen molar-refractivity contribution in [1.29, 1.82) is 0 Å². The van der Waals surface area contributed by atoms with E-state index in [1.807, 2.05) is 0 Å². The molecule has 0 fully saturated rings. The van der Waals surface area contributed by atoms with Gasteiger partial charge in [0.15, 0.2) is 0 Å². The van der Waals surface area contributed by atoms with Crippen LogP contribution in [-0.4, -0.2) is 60.5 Å². The van der Waals surface area contributed by atoms with Gasteiger partial charge < -0.3 is 25.2 Å². The van der Waals surface area contributed by atoms with Crippen LogP contribution in [0.4, 0.5) is 0 Å². The number of phosphoric ester groups is 1. The molecule has 10 nitrogen and oxygen atoms in total. The van der Waals surface area contributed by atoms with Gasteiger partial charge in [-0.2, -0.15) is 0 Å². The zero-order valence-electron chi connectivity index (χ0n) is 40.2. The molecule has 0 amide bonds. The average molecular weight is 900 g/mol. The van der Waals surface area contributed by atoms with Crippen LogP contribution in [0.5, 0.6) is 0 Å². The van der Waals surface area contributed by atoms with Crippen LogP contribution >= 0.6 is 7.82 Å². The van der Waals surface area contributed by atoms with Gasteiger partial charge in [0.05, 0.1) is 19.8 Å². The predicted octanol–water partition coefficient (Wildman–Crippen LogP) is 15.0. The van der Waals surface area contributed by atoms with E-state index in [1.54, 1.807) is 0 Å². The van der Waals surface area contributed by atoms with Crippen molar-refractivity contribution >= 4 is 19.8 Å². The number of hydrogen-bond acceptors (Lipinski definition) is 8. The summed E-state index contributed by atoms with van der Waals surface area (Å²) in [7, 11) is -4.62. The van der Waals surface area contributed by atoms with Crippen molar-refractivity contribution in [3.05, 3.63) is 24.3 Å². The average Bonchev–Trinajstić information content (AvgIpc) is 3.25. The van der Waals surface area contributed by atoms with E-state index in [0.29, 0.717) is 13.0 Å². The molecule has 3 atom stereocenters. The molecule has 0 aliphatic rings. The van der Waals surface area contributed by atoms with Crippen LogP contribution in [0.25, 0.3) is 0 Å². The molecule has 0 aliphatic carbocycles. The van der Waals surface area contributed by atoms with Gasteiger partial charge >= 0.3 is 19.8 Å². The number of hydrogen-bond donors (Lipinski definition) is 3. The Morgan fingerprint density at radius 3 is 1.23 bits per heavy atom. The van der Waals surface area contributed by atoms with Gasteiger partial charge in [-0.1, -0.05) is 205 Å². The molecule has 0 heterocycles. The molecular weight excluding hydrogens is 802 g/mol. The van der Waals surface area contributed by atoms with Gasteiger partial charge in [0.1, 0.15) is 12.1 Å². The smallest absolute Gasteiger partial charge is 0.472 e. The fourth-order valence-electron chi connectivity index (χ4n) is 7.42. The van der Waals surface area contributed by atoms with Crippen LogP contribution in [-0.2, 0) is 32.7 Å². The number of esters is 1. The number of allylic oxidation sites excluding steroid dienone is 4. The van der Waals surface area contributed by atoms with E-state index < -0.39 is 45.1 Å². The quantitative estimate of drug-likeness (QED) is 0.0233. The molecule has 0 bridgehead atoms. The Morgan fingerprint density at radius 2 is 0.839 bits per heavy atom. The lowest BCUT2D eigenvalue weighted by atomic mass is 10.1. The minimum atomic E-state index is -4.62. The van der Waals surface area contributed by atoms with E-state index >= 15 is 0 Å². The van der Waals surface area contributed by atoms with E-state index in [9.17, 15) is 19.0 Å². The summed E-state index contributed by atoms with van der Waals surface area (Å²) in [5.74, 6) is -1.77. The molecular formula is C51H98NO9P. The topological polar surface area (TPSA) is 155 Å². The summed E-state index contributed by atoms with van der Waals surface area (Å²) in [6.07, 6.45) is 53.8. The highest BCUT2D eigenvalue weighted by molar-refractivity contribution is 7.47. The van der Waals surface area contributed by atoms with Gasteiger partial charge in [0.2, 0.25) is 0 Å². The third-order valence-corrected chi connectivity index (χ3v) is 12.4. The number of carbonyl (C=O) groups is 2. The van der Waals surface area contributed by atoms with Crippen molar-refractivity contribution in [2.24, 2.45) is 5.73 Å². The summed E-state index contributed by atoms with van der Waals surface area (Å²) in [6, 6.07) is -1.47. The largest absolute Gasteiger partial charge is 0.480 e. The highest BCUT2D eigenvalue weighted by Gasteiger charge is 2.27. The summed E-state index contributed by atoms with van der Waals surface area (Å²) in [5.41, 5.74) is 5.38. The summed E-state index contributed by atoms with van der Waals surface area (Å²) in [4.78, 5) is 33.7. The van der Waals surface area contributed by atoms with E-state index in [0.717, 1.165) is 38.5 Å². The number of ether oxygens (including phenoxy) is 2. The van der Waals surface area contributed by atoms with Crippen molar-refractivity contribution in [3.8, 4) is 0 Å². The highest BCUT2D eigenvalue weighted by Crippen LogP contribution is 2.43. The molecule has 0 aromatic heterocycles. The number of carboxylic acids is 1. The monoisotopic (exact) mass is 900 g/mol. The third kappa shape index (κ3) is 46.4. The minimum absolute atomic E-state index is 0.0173. The SMILES string of the molecule is CCCCCCCCC/C=C\CCCCCCCCCCOCC(COP(=O)(O)OCC(N)C(=O)O)OC(=O)CCCCCCCCCCC/C=C\CCCCCCCCCC. The molecule has 3 unspecified atom stereocenters. The van der Waals surface area contributed by atoms with Crippen LogP contribution in [0.3, 0.4) is 0 Å². The van der Waals surface area contributed by atoms with Crippen molar-refractivity contribution in [3.63, 3.8) is 0 Å². The Kier molecular flexibility index (Phi) is 46.2. The Balaban J connectivity index is 4.12. The Morgan fingerprint density at radius 1 is 0.500 bits per heavy atom. The van der Waals surface area contributed by atoms with Gasteiger partial charge in [-0.05, 0) is 64.2 Å². The zero-order valence-corrected chi connectivity index (χ0v) is 41.1. The summed E-state index contributed by atoms with van der Waals surface area (Å²) < 4.78 is 33.5.